The van der Waals surface area contributed by atoms with E-state index in [-0.39, 0.29) is 5.91 Å². The van der Waals surface area contributed by atoms with Gasteiger partial charge in [-0.2, -0.15) is 0 Å². The van der Waals surface area contributed by atoms with Crippen LogP contribution in [0.2, 0.25) is 0 Å². The summed E-state index contributed by atoms with van der Waals surface area (Å²) >= 11 is 2.92. The zero-order valence-corrected chi connectivity index (χ0v) is 9.69. The average Bonchev–Trinajstić information content (AvgIpc) is 2.77. The van der Waals surface area contributed by atoms with Crippen LogP contribution in [0.25, 0.3) is 0 Å². The van der Waals surface area contributed by atoms with Crippen molar-refractivity contribution in [2.24, 2.45) is 0 Å². The molecule has 2 rings (SSSR count). The van der Waals surface area contributed by atoms with Crippen molar-refractivity contribution >= 4 is 33.7 Å². The fourth-order valence-electron chi connectivity index (χ4n) is 1.06. The van der Waals surface area contributed by atoms with E-state index in [1.807, 2.05) is 17.7 Å². The van der Waals surface area contributed by atoms with Crippen molar-refractivity contribution in [1.82, 2.24) is 9.97 Å². The molecule has 0 spiro atoms. The number of nitrogens with zero attached hydrogens (tertiary/aromatic N) is 2. The number of anilines is 1. The van der Waals surface area contributed by atoms with Crippen molar-refractivity contribution in [2.45, 2.75) is 13.3 Å². The number of aryl methyl sites for hydroxylation is 1. The van der Waals surface area contributed by atoms with Gasteiger partial charge in [0, 0.05) is 10.8 Å². The van der Waals surface area contributed by atoms with Crippen LogP contribution in [0.4, 0.5) is 5.13 Å². The van der Waals surface area contributed by atoms with Gasteiger partial charge in [-0.15, -0.1) is 22.7 Å². The summed E-state index contributed by atoms with van der Waals surface area (Å²) in [6.45, 7) is 1.90. The van der Waals surface area contributed by atoms with Gasteiger partial charge in [0.05, 0.1) is 23.3 Å². The molecule has 0 bridgehead atoms. The lowest BCUT2D eigenvalue weighted by atomic mass is 10.3. The van der Waals surface area contributed by atoms with E-state index in [9.17, 15) is 4.79 Å². The quantitative estimate of drug-likeness (QED) is 0.892. The van der Waals surface area contributed by atoms with Gasteiger partial charge in [-0.05, 0) is 6.92 Å². The van der Waals surface area contributed by atoms with Gasteiger partial charge in [-0.3, -0.25) is 4.79 Å². The van der Waals surface area contributed by atoms with Gasteiger partial charge in [0.1, 0.15) is 0 Å². The summed E-state index contributed by atoms with van der Waals surface area (Å²) in [6, 6.07) is 0. The SMILES string of the molecule is Cc1csc(NC(=O)Cc2cscn2)n1. The van der Waals surface area contributed by atoms with Crippen molar-refractivity contribution in [2.75, 3.05) is 5.32 Å². The van der Waals surface area contributed by atoms with Gasteiger partial charge in [-0.25, -0.2) is 9.97 Å². The minimum Gasteiger partial charge on any atom is -0.302 e. The third-order valence-electron chi connectivity index (χ3n) is 1.69. The number of aromatic nitrogens is 2. The average molecular weight is 239 g/mol. The standard InChI is InChI=1S/C9H9N3OS2/c1-6-3-15-9(11-6)12-8(13)2-7-4-14-5-10-7/h3-5H,2H2,1H3,(H,11,12,13). The lowest BCUT2D eigenvalue weighted by molar-refractivity contribution is -0.115. The van der Waals surface area contributed by atoms with Crippen LogP contribution in [0.1, 0.15) is 11.4 Å². The van der Waals surface area contributed by atoms with Crippen LogP contribution in [0.15, 0.2) is 16.3 Å². The normalized spacial score (nSPS) is 10.2. The smallest absolute Gasteiger partial charge is 0.232 e. The van der Waals surface area contributed by atoms with Crippen molar-refractivity contribution in [3.05, 3.63) is 27.7 Å². The number of rotatable bonds is 3. The van der Waals surface area contributed by atoms with E-state index in [1.165, 1.54) is 22.7 Å². The van der Waals surface area contributed by atoms with Gasteiger partial charge >= 0.3 is 0 Å². The van der Waals surface area contributed by atoms with Crippen molar-refractivity contribution in [1.29, 1.82) is 0 Å². The van der Waals surface area contributed by atoms with Gasteiger partial charge in [-0.1, -0.05) is 0 Å². The Bertz CT molecular complexity index is 450. The Kier molecular flexibility index (Phi) is 3.08. The second-order valence-electron chi connectivity index (χ2n) is 3.00. The first-order valence-electron chi connectivity index (χ1n) is 4.33. The highest BCUT2D eigenvalue weighted by molar-refractivity contribution is 7.13. The summed E-state index contributed by atoms with van der Waals surface area (Å²) < 4.78 is 0. The molecular weight excluding hydrogens is 230 g/mol. The molecule has 0 fully saturated rings. The Hall–Kier alpha value is -1.27. The molecule has 0 atom stereocenters. The van der Waals surface area contributed by atoms with E-state index in [0.717, 1.165) is 11.4 Å². The largest absolute Gasteiger partial charge is 0.302 e. The minimum atomic E-state index is -0.0738. The van der Waals surface area contributed by atoms with Crippen LogP contribution in [0.5, 0.6) is 0 Å². The molecule has 15 heavy (non-hydrogen) atoms. The van der Waals surface area contributed by atoms with Crippen LogP contribution >= 0.6 is 22.7 Å². The van der Waals surface area contributed by atoms with E-state index in [0.29, 0.717) is 11.6 Å². The summed E-state index contributed by atoms with van der Waals surface area (Å²) in [7, 11) is 0. The molecule has 4 nitrogen and oxygen atoms in total. The second kappa shape index (κ2) is 4.50. The molecule has 0 aliphatic rings. The summed E-state index contributed by atoms with van der Waals surface area (Å²) in [4.78, 5) is 19.7. The first-order valence-corrected chi connectivity index (χ1v) is 6.15. The predicted octanol–water partition coefficient (Wildman–Crippen LogP) is 2.09. The molecule has 2 heterocycles. The zero-order valence-electron chi connectivity index (χ0n) is 8.06. The second-order valence-corrected chi connectivity index (χ2v) is 4.58. The number of carbonyl (C=O) groups excluding carboxylic acids is 1. The Morgan fingerprint density at radius 1 is 1.53 bits per heavy atom. The highest BCUT2D eigenvalue weighted by Gasteiger charge is 2.07. The highest BCUT2D eigenvalue weighted by atomic mass is 32.1. The van der Waals surface area contributed by atoms with Gasteiger partial charge in [0.15, 0.2) is 5.13 Å². The highest BCUT2D eigenvalue weighted by Crippen LogP contribution is 2.14. The maximum atomic E-state index is 11.5. The molecule has 6 heteroatoms. The Morgan fingerprint density at radius 3 is 3.00 bits per heavy atom. The predicted molar refractivity (Wildman–Crippen MR) is 61.3 cm³/mol. The Morgan fingerprint density at radius 2 is 2.40 bits per heavy atom. The van der Waals surface area contributed by atoms with Gasteiger partial charge in [0.25, 0.3) is 0 Å². The molecule has 2 aromatic heterocycles. The van der Waals surface area contributed by atoms with Crippen molar-refractivity contribution < 1.29 is 4.79 Å². The zero-order chi connectivity index (χ0) is 10.7. The number of nitrogens with one attached hydrogen (secondary N) is 1. The van der Waals surface area contributed by atoms with Gasteiger partial charge in [0.2, 0.25) is 5.91 Å². The first kappa shape index (κ1) is 10.3. The number of amides is 1. The molecular formula is C9H9N3OS2. The maximum Gasteiger partial charge on any atom is 0.232 e. The third kappa shape index (κ3) is 2.84. The number of thiazole rings is 2. The molecule has 1 amide bonds. The molecule has 0 aliphatic heterocycles. The van der Waals surface area contributed by atoms with Crippen LogP contribution in [-0.2, 0) is 11.2 Å². The summed E-state index contributed by atoms with van der Waals surface area (Å²) in [6.07, 6.45) is 0.308. The van der Waals surface area contributed by atoms with Crippen LogP contribution in [-0.4, -0.2) is 15.9 Å². The van der Waals surface area contributed by atoms with Crippen molar-refractivity contribution in [3.63, 3.8) is 0 Å². The molecule has 78 valence electrons. The van der Waals surface area contributed by atoms with Crippen LogP contribution in [0.3, 0.4) is 0 Å². The van der Waals surface area contributed by atoms with Crippen molar-refractivity contribution in [3.8, 4) is 0 Å². The fourth-order valence-corrected chi connectivity index (χ4v) is 2.33. The molecule has 0 aliphatic carbocycles. The molecule has 2 aromatic rings. The van der Waals surface area contributed by atoms with Crippen LogP contribution < -0.4 is 5.32 Å². The minimum absolute atomic E-state index is 0.0738. The van der Waals surface area contributed by atoms with E-state index >= 15 is 0 Å². The molecule has 1 N–H and O–H groups in total. The molecule has 0 saturated heterocycles. The van der Waals surface area contributed by atoms with E-state index < -0.39 is 0 Å². The molecule has 0 aromatic carbocycles. The molecule has 0 saturated carbocycles. The lowest BCUT2D eigenvalue weighted by Crippen LogP contribution is -2.14. The third-order valence-corrected chi connectivity index (χ3v) is 3.20. The summed E-state index contributed by atoms with van der Waals surface area (Å²) in [5, 5.41) is 7.15. The lowest BCUT2D eigenvalue weighted by Gasteiger charge is -1.98. The van der Waals surface area contributed by atoms with E-state index in [1.54, 1.807) is 5.51 Å². The number of carbonyl (C=O) groups is 1. The monoisotopic (exact) mass is 239 g/mol. The van der Waals surface area contributed by atoms with E-state index in [2.05, 4.69) is 15.3 Å². The van der Waals surface area contributed by atoms with E-state index in [4.69, 9.17) is 0 Å². The Labute approximate surface area is 95.0 Å². The Balaban J connectivity index is 1.93. The molecule has 0 radical (unpaired) electrons. The summed E-state index contributed by atoms with van der Waals surface area (Å²) in [5.41, 5.74) is 3.44. The summed E-state index contributed by atoms with van der Waals surface area (Å²) in [5.74, 6) is -0.0738. The molecule has 0 unspecified atom stereocenters. The topological polar surface area (TPSA) is 54.9 Å². The number of hydrogen-bond acceptors (Lipinski definition) is 5. The van der Waals surface area contributed by atoms with Crippen LogP contribution in [0, 0.1) is 6.92 Å². The fraction of sp³-hybridized carbons (Fsp3) is 0.222. The number of hydrogen-bond donors (Lipinski definition) is 1. The maximum absolute atomic E-state index is 11.5. The first-order chi connectivity index (χ1) is 7.24. The van der Waals surface area contributed by atoms with Gasteiger partial charge < -0.3 is 5.32 Å².